The first-order valence-corrected chi connectivity index (χ1v) is 8.49. The van der Waals surface area contributed by atoms with Crippen molar-refractivity contribution >= 4 is 29.2 Å². The number of methoxy groups -OCH3 is 2. The number of hydrogen-bond donors (Lipinski definition) is 2. The standard InChI is InChI=1S/C21H22N2O5/c1-13-8-7-11-16(14(13)2)23-20(25)15-9-5-6-10-17(15)22-18(21(26)28-4)12-19(24)27-3/h5-12,22H,1-4H3,(H,23,25)/b18-12+. The fourth-order valence-corrected chi connectivity index (χ4v) is 2.44. The molecule has 0 aliphatic heterocycles. The molecule has 7 nitrogen and oxygen atoms in total. The molecule has 28 heavy (non-hydrogen) atoms. The molecule has 0 atom stereocenters. The first kappa shape index (κ1) is 20.7. The molecule has 0 radical (unpaired) electrons. The molecule has 0 saturated heterocycles. The highest BCUT2D eigenvalue weighted by Gasteiger charge is 2.17. The Balaban J connectivity index is 2.34. The Hall–Kier alpha value is -3.61. The molecule has 2 N–H and O–H groups in total. The third-order valence-electron chi connectivity index (χ3n) is 4.16. The number of nitrogens with one attached hydrogen (secondary N) is 2. The van der Waals surface area contributed by atoms with Crippen molar-refractivity contribution in [2.24, 2.45) is 0 Å². The van der Waals surface area contributed by atoms with Crippen LogP contribution in [0.4, 0.5) is 11.4 Å². The number of ether oxygens (including phenoxy) is 2. The lowest BCUT2D eigenvalue weighted by Crippen LogP contribution is -2.19. The van der Waals surface area contributed by atoms with Crippen molar-refractivity contribution in [2.45, 2.75) is 13.8 Å². The van der Waals surface area contributed by atoms with E-state index in [1.165, 1.54) is 14.2 Å². The molecule has 0 spiro atoms. The van der Waals surface area contributed by atoms with Crippen LogP contribution in [-0.4, -0.2) is 32.1 Å². The zero-order chi connectivity index (χ0) is 20.7. The second-order valence-corrected chi connectivity index (χ2v) is 5.94. The van der Waals surface area contributed by atoms with E-state index in [-0.39, 0.29) is 11.6 Å². The van der Waals surface area contributed by atoms with E-state index in [1.807, 2.05) is 32.0 Å². The second kappa shape index (κ2) is 9.36. The predicted molar refractivity (Wildman–Crippen MR) is 106 cm³/mol. The lowest BCUT2D eigenvalue weighted by atomic mass is 10.1. The number of hydrogen-bond acceptors (Lipinski definition) is 6. The predicted octanol–water partition coefficient (Wildman–Crippen LogP) is 3.20. The van der Waals surface area contributed by atoms with Gasteiger partial charge in [-0.25, -0.2) is 9.59 Å². The van der Waals surface area contributed by atoms with E-state index >= 15 is 0 Å². The zero-order valence-electron chi connectivity index (χ0n) is 16.2. The third kappa shape index (κ3) is 4.97. The molecular formula is C21H22N2O5. The minimum atomic E-state index is -0.768. The van der Waals surface area contributed by atoms with Crippen LogP contribution in [0.3, 0.4) is 0 Å². The normalized spacial score (nSPS) is 10.8. The molecule has 0 bridgehead atoms. The molecule has 0 saturated carbocycles. The number of carbonyl (C=O) groups is 3. The van der Waals surface area contributed by atoms with Crippen LogP contribution in [0.1, 0.15) is 21.5 Å². The van der Waals surface area contributed by atoms with E-state index in [9.17, 15) is 14.4 Å². The summed E-state index contributed by atoms with van der Waals surface area (Å²) in [5, 5.41) is 5.65. The Morgan fingerprint density at radius 3 is 2.21 bits per heavy atom. The number of carbonyl (C=O) groups excluding carboxylic acids is 3. The summed E-state index contributed by atoms with van der Waals surface area (Å²) in [4.78, 5) is 36.3. The topological polar surface area (TPSA) is 93.7 Å². The highest BCUT2D eigenvalue weighted by molar-refractivity contribution is 6.09. The van der Waals surface area contributed by atoms with Crippen molar-refractivity contribution in [2.75, 3.05) is 24.9 Å². The van der Waals surface area contributed by atoms with Gasteiger partial charge < -0.3 is 20.1 Å². The zero-order valence-corrected chi connectivity index (χ0v) is 16.2. The van der Waals surface area contributed by atoms with Crippen molar-refractivity contribution in [1.29, 1.82) is 0 Å². The highest BCUT2D eigenvalue weighted by atomic mass is 16.5. The summed E-state index contributed by atoms with van der Waals surface area (Å²) >= 11 is 0. The van der Waals surface area contributed by atoms with Gasteiger partial charge in [0.05, 0.1) is 31.5 Å². The van der Waals surface area contributed by atoms with Gasteiger partial charge in [-0.2, -0.15) is 0 Å². The van der Waals surface area contributed by atoms with Gasteiger partial charge in [-0.1, -0.05) is 24.3 Å². The van der Waals surface area contributed by atoms with Gasteiger partial charge in [0.2, 0.25) is 0 Å². The molecule has 0 aliphatic rings. The fourth-order valence-electron chi connectivity index (χ4n) is 2.44. The number of benzene rings is 2. The average Bonchev–Trinajstić information content (AvgIpc) is 2.70. The SMILES string of the molecule is COC(=O)/C=C(/Nc1ccccc1C(=O)Nc1cccc(C)c1C)C(=O)OC. The van der Waals surface area contributed by atoms with Crippen LogP contribution in [0.5, 0.6) is 0 Å². The van der Waals surface area contributed by atoms with Gasteiger partial charge >= 0.3 is 11.9 Å². The molecular weight excluding hydrogens is 360 g/mol. The number of aryl methyl sites for hydroxylation is 1. The van der Waals surface area contributed by atoms with Crippen molar-refractivity contribution in [3.8, 4) is 0 Å². The van der Waals surface area contributed by atoms with Crippen LogP contribution in [0, 0.1) is 13.8 Å². The van der Waals surface area contributed by atoms with E-state index in [4.69, 9.17) is 0 Å². The largest absolute Gasteiger partial charge is 0.466 e. The summed E-state index contributed by atoms with van der Waals surface area (Å²) in [5.41, 5.74) is 3.19. The summed E-state index contributed by atoms with van der Waals surface area (Å²) in [6.07, 6.45) is 0.964. The Bertz CT molecular complexity index is 934. The van der Waals surface area contributed by atoms with Gasteiger partial charge in [0.1, 0.15) is 5.70 Å². The minimum absolute atomic E-state index is 0.152. The molecule has 7 heteroatoms. The maximum atomic E-state index is 12.8. The van der Waals surface area contributed by atoms with Crippen molar-refractivity contribution in [3.63, 3.8) is 0 Å². The molecule has 0 aromatic heterocycles. The monoisotopic (exact) mass is 382 g/mol. The van der Waals surface area contributed by atoms with E-state index in [0.29, 0.717) is 16.9 Å². The van der Waals surface area contributed by atoms with Crippen molar-refractivity contribution < 1.29 is 23.9 Å². The van der Waals surface area contributed by atoms with Crippen LogP contribution < -0.4 is 10.6 Å². The van der Waals surface area contributed by atoms with Gasteiger partial charge in [-0.15, -0.1) is 0 Å². The highest BCUT2D eigenvalue weighted by Crippen LogP contribution is 2.22. The minimum Gasteiger partial charge on any atom is -0.466 e. The molecule has 0 unspecified atom stereocenters. The molecule has 0 fully saturated rings. The van der Waals surface area contributed by atoms with Gasteiger partial charge in [0.25, 0.3) is 5.91 Å². The van der Waals surface area contributed by atoms with Crippen LogP contribution in [-0.2, 0) is 19.1 Å². The Morgan fingerprint density at radius 2 is 1.54 bits per heavy atom. The summed E-state index contributed by atoms with van der Waals surface area (Å²) in [5.74, 6) is -1.86. The number of esters is 2. The molecule has 2 aromatic carbocycles. The Morgan fingerprint density at radius 1 is 0.857 bits per heavy atom. The average molecular weight is 382 g/mol. The van der Waals surface area contributed by atoms with Crippen LogP contribution >= 0.6 is 0 Å². The van der Waals surface area contributed by atoms with Crippen LogP contribution in [0.15, 0.2) is 54.2 Å². The third-order valence-corrected chi connectivity index (χ3v) is 4.16. The first-order chi connectivity index (χ1) is 13.4. The molecule has 2 aromatic rings. The van der Waals surface area contributed by atoms with E-state index < -0.39 is 11.9 Å². The smallest absolute Gasteiger partial charge is 0.354 e. The number of para-hydroxylation sites is 1. The van der Waals surface area contributed by atoms with Crippen molar-refractivity contribution in [3.05, 3.63) is 70.9 Å². The lowest BCUT2D eigenvalue weighted by Gasteiger charge is -2.15. The Labute approximate surface area is 163 Å². The molecule has 2 rings (SSSR count). The van der Waals surface area contributed by atoms with Gasteiger partial charge in [0, 0.05) is 5.69 Å². The van der Waals surface area contributed by atoms with Gasteiger partial charge in [-0.05, 0) is 43.2 Å². The van der Waals surface area contributed by atoms with E-state index in [2.05, 4.69) is 20.1 Å². The molecule has 1 amide bonds. The molecule has 0 aliphatic carbocycles. The van der Waals surface area contributed by atoms with E-state index in [1.54, 1.807) is 24.3 Å². The Kier molecular flexibility index (Phi) is 6.92. The number of anilines is 2. The van der Waals surface area contributed by atoms with Crippen molar-refractivity contribution in [1.82, 2.24) is 0 Å². The summed E-state index contributed by atoms with van der Waals surface area (Å²) in [7, 11) is 2.38. The van der Waals surface area contributed by atoms with Gasteiger partial charge in [-0.3, -0.25) is 4.79 Å². The molecule has 146 valence electrons. The summed E-state index contributed by atoms with van der Waals surface area (Å²) < 4.78 is 9.23. The van der Waals surface area contributed by atoms with Crippen LogP contribution in [0.2, 0.25) is 0 Å². The number of rotatable bonds is 6. The first-order valence-electron chi connectivity index (χ1n) is 8.49. The van der Waals surface area contributed by atoms with Crippen LogP contribution in [0.25, 0.3) is 0 Å². The number of amides is 1. The second-order valence-electron chi connectivity index (χ2n) is 5.94. The van der Waals surface area contributed by atoms with E-state index in [0.717, 1.165) is 17.2 Å². The quantitative estimate of drug-likeness (QED) is 0.589. The summed E-state index contributed by atoms with van der Waals surface area (Å²) in [6, 6.07) is 12.3. The summed E-state index contributed by atoms with van der Waals surface area (Å²) in [6.45, 7) is 3.88. The maximum Gasteiger partial charge on any atom is 0.354 e. The maximum absolute atomic E-state index is 12.8. The fraction of sp³-hybridized carbons (Fsp3) is 0.190. The van der Waals surface area contributed by atoms with Gasteiger partial charge in [0.15, 0.2) is 0 Å². The molecule has 0 heterocycles. The lowest BCUT2D eigenvalue weighted by molar-refractivity contribution is -0.138.